The van der Waals surface area contributed by atoms with Crippen molar-refractivity contribution >= 4 is 11.6 Å². The number of likely N-dealkylation sites (N-methyl/N-ethyl adjacent to an activating group) is 1. The average Bonchev–Trinajstić information content (AvgIpc) is 2.65. The lowest BCUT2D eigenvalue weighted by Gasteiger charge is -2.24. The van der Waals surface area contributed by atoms with Gasteiger partial charge in [-0.25, -0.2) is 0 Å². The summed E-state index contributed by atoms with van der Waals surface area (Å²) in [7, 11) is 1.87. The number of anilines is 1. The second-order valence-electron chi connectivity index (χ2n) is 5.68. The fourth-order valence-corrected chi connectivity index (χ4v) is 2.65. The van der Waals surface area contributed by atoms with Crippen molar-refractivity contribution in [1.29, 1.82) is 0 Å². The second kappa shape index (κ2) is 6.86. The monoisotopic (exact) mass is 275 g/mol. The summed E-state index contributed by atoms with van der Waals surface area (Å²) in [5, 5.41) is 3.36. The third-order valence-electron chi connectivity index (χ3n) is 3.76. The van der Waals surface area contributed by atoms with E-state index in [0.29, 0.717) is 6.54 Å². The molecule has 1 aromatic carbocycles. The molecular formula is C16H25N3O. The van der Waals surface area contributed by atoms with Crippen LogP contribution >= 0.6 is 0 Å². The van der Waals surface area contributed by atoms with Crippen LogP contribution in [0.4, 0.5) is 5.69 Å². The van der Waals surface area contributed by atoms with E-state index in [0.717, 1.165) is 38.3 Å². The molecule has 1 aromatic rings. The zero-order chi connectivity index (χ0) is 14.5. The lowest BCUT2D eigenvalue weighted by molar-refractivity contribution is -0.119. The van der Waals surface area contributed by atoms with Gasteiger partial charge >= 0.3 is 0 Å². The van der Waals surface area contributed by atoms with Gasteiger partial charge in [-0.3, -0.25) is 9.69 Å². The molecule has 0 spiro atoms. The van der Waals surface area contributed by atoms with E-state index in [1.54, 1.807) is 4.90 Å². The molecule has 1 amide bonds. The number of hydrogen-bond donors (Lipinski definition) is 1. The van der Waals surface area contributed by atoms with Crippen LogP contribution in [0.5, 0.6) is 0 Å². The molecular weight excluding hydrogens is 250 g/mol. The van der Waals surface area contributed by atoms with Crippen molar-refractivity contribution in [3.05, 3.63) is 29.3 Å². The average molecular weight is 275 g/mol. The molecule has 1 aliphatic rings. The van der Waals surface area contributed by atoms with Gasteiger partial charge in [0, 0.05) is 25.8 Å². The number of amides is 1. The van der Waals surface area contributed by atoms with Crippen LogP contribution in [-0.2, 0) is 4.79 Å². The maximum atomic E-state index is 12.4. The predicted molar refractivity (Wildman–Crippen MR) is 83.3 cm³/mol. The van der Waals surface area contributed by atoms with E-state index in [9.17, 15) is 4.79 Å². The standard InChI is InChI=1S/C16H25N3O/c1-13-9-14(2)11-15(10-13)18(3)16(20)12-19-7-4-5-17-6-8-19/h9-11,17H,4-8,12H2,1-3H3. The first-order valence-corrected chi connectivity index (χ1v) is 7.34. The summed E-state index contributed by atoms with van der Waals surface area (Å²) in [6.45, 7) is 8.61. The largest absolute Gasteiger partial charge is 0.315 e. The van der Waals surface area contributed by atoms with Gasteiger partial charge in [0.25, 0.3) is 0 Å². The van der Waals surface area contributed by atoms with Crippen LogP contribution in [0, 0.1) is 13.8 Å². The van der Waals surface area contributed by atoms with Crippen LogP contribution in [-0.4, -0.2) is 50.6 Å². The number of carbonyl (C=O) groups excluding carboxylic acids is 1. The molecule has 0 aromatic heterocycles. The third-order valence-corrected chi connectivity index (χ3v) is 3.76. The summed E-state index contributed by atoms with van der Waals surface area (Å²) in [6.07, 6.45) is 1.11. The van der Waals surface area contributed by atoms with Gasteiger partial charge in [0.1, 0.15) is 0 Å². The molecule has 0 aliphatic carbocycles. The maximum Gasteiger partial charge on any atom is 0.240 e. The van der Waals surface area contributed by atoms with Crippen LogP contribution < -0.4 is 10.2 Å². The molecule has 0 radical (unpaired) electrons. The molecule has 1 aliphatic heterocycles. The quantitative estimate of drug-likeness (QED) is 0.909. The van der Waals surface area contributed by atoms with E-state index in [1.807, 2.05) is 7.05 Å². The summed E-state index contributed by atoms with van der Waals surface area (Å²) in [6, 6.07) is 6.26. The van der Waals surface area contributed by atoms with Crippen LogP contribution in [0.3, 0.4) is 0 Å². The van der Waals surface area contributed by atoms with E-state index in [-0.39, 0.29) is 5.91 Å². The molecule has 0 atom stereocenters. The zero-order valence-electron chi connectivity index (χ0n) is 12.8. The minimum atomic E-state index is 0.164. The van der Waals surface area contributed by atoms with Crippen molar-refractivity contribution < 1.29 is 4.79 Å². The van der Waals surface area contributed by atoms with Crippen molar-refractivity contribution in [2.24, 2.45) is 0 Å². The SMILES string of the molecule is Cc1cc(C)cc(N(C)C(=O)CN2CCCNCC2)c1. The molecule has 4 nitrogen and oxygen atoms in total. The molecule has 1 N–H and O–H groups in total. The number of aryl methyl sites for hydroxylation is 2. The van der Waals surface area contributed by atoms with Gasteiger partial charge in [0.2, 0.25) is 5.91 Å². The summed E-state index contributed by atoms with van der Waals surface area (Å²) in [5.74, 6) is 0.164. The Kier molecular flexibility index (Phi) is 5.15. The Balaban J connectivity index is 2.00. The molecule has 2 rings (SSSR count). The topological polar surface area (TPSA) is 35.6 Å². The van der Waals surface area contributed by atoms with E-state index in [4.69, 9.17) is 0 Å². The van der Waals surface area contributed by atoms with Gasteiger partial charge in [-0.2, -0.15) is 0 Å². The number of carbonyl (C=O) groups is 1. The molecule has 1 fully saturated rings. The van der Waals surface area contributed by atoms with Crippen molar-refractivity contribution in [1.82, 2.24) is 10.2 Å². The van der Waals surface area contributed by atoms with Gasteiger partial charge in [-0.05, 0) is 56.6 Å². The fourth-order valence-electron chi connectivity index (χ4n) is 2.65. The number of rotatable bonds is 3. The number of benzene rings is 1. The van der Waals surface area contributed by atoms with Crippen LogP contribution in [0.2, 0.25) is 0 Å². The highest BCUT2D eigenvalue weighted by Crippen LogP contribution is 2.17. The van der Waals surface area contributed by atoms with Crippen LogP contribution in [0.15, 0.2) is 18.2 Å². The Hall–Kier alpha value is -1.39. The fraction of sp³-hybridized carbons (Fsp3) is 0.562. The van der Waals surface area contributed by atoms with Crippen molar-refractivity contribution in [3.63, 3.8) is 0 Å². The smallest absolute Gasteiger partial charge is 0.240 e. The Morgan fingerprint density at radius 3 is 2.60 bits per heavy atom. The Labute approximate surface area is 121 Å². The van der Waals surface area contributed by atoms with Gasteiger partial charge in [0.05, 0.1) is 6.54 Å². The van der Waals surface area contributed by atoms with Gasteiger partial charge in [0.15, 0.2) is 0 Å². The number of hydrogen-bond acceptors (Lipinski definition) is 3. The molecule has 1 heterocycles. The lowest BCUT2D eigenvalue weighted by Crippen LogP contribution is -2.40. The van der Waals surface area contributed by atoms with Crippen molar-refractivity contribution in [3.8, 4) is 0 Å². The summed E-state index contributed by atoms with van der Waals surface area (Å²) in [4.78, 5) is 16.4. The van der Waals surface area contributed by atoms with E-state index >= 15 is 0 Å². The van der Waals surface area contributed by atoms with Gasteiger partial charge in [-0.15, -0.1) is 0 Å². The zero-order valence-corrected chi connectivity index (χ0v) is 12.8. The molecule has 1 saturated heterocycles. The van der Waals surface area contributed by atoms with Gasteiger partial charge < -0.3 is 10.2 Å². The number of nitrogens with zero attached hydrogens (tertiary/aromatic N) is 2. The van der Waals surface area contributed by atoms with Crippen molar-refractivity contribution in [2.75, 3.05) is 44.7 Å². The highest BCUT2D eigenvalue weighted by atomic mass is 16.2. The molecule has 0 saturated carbocycles. The lowest BCUT2D eigenvalue weighted by atomic mass is 10.1. The molecule has 20 heavy (non-hydrogen) atoms. The highest BCUT2D eigenvalue weighted by Gasteiger charge is 2.17. The van der Waals surface area contributed by atoms with Crippen LogP contribution in [0.1, 0.15) is 17.5 Å². The van der Waals surface area contributed by atoms with Crippen molar-refractivity contribution in [2.45, 2.75) is 20.3 Å². The highest BCUT2D eigenvalue weighted by molar-refractivity contribution is 5.94. The Morgan fingerprint density at radius 2 is 1.90 bits per heavy atom. The minimum absolute atomic E-state index is 0.164. The summed E-state index contributed by atoms with van der Waals surface area (Å²) in [5.41, 5.74) is 3.37. The first kappa shape index (κ1) is 15.0. The van der Waals surface area contributed by atoms with E-state index < -0.39 is 0 Å². The Bertz CT molecular complexity index is 445. The van der Waals surface area contributed by atoms with Gasteiger partial charge in [-0.1, -0.05) is 6.07 Å². The number of nitrogens with one attached hydrogen (secondary N) is 1. The van der Waals surface area contributed by atoms with E-state index in [2.05, 4.69) is 42.3 Å². The second-order valence-corrected chi connectivity index (χ2v) is 5.68. The third kappa shape index (κ3) is 4.05. The predicted octanol–water partition coefficient (Wildman–Crippen LogP) is 1.56. The normalized spacial score (nSPS) is 16.8. The molecule has 0 unspecified atom stereocenters. The Morgan fingerprint density at radius 1 is 1.20 bits per heavy atom. The minimum Gasteiger partial charge on any atom is -0.315 e. The summed E-state index contributed by atoms with van der Waals surface area (Å²) >= 11 is 0. The summed E-state index contributed by atoms with van der Waals surface area (Å²) < 4.78 is 0. The first-order chi connectivity index (χ1) is 9.56. The first-order valence-electron chi connectivity index (χ1n) is 7.34. The molecule has 4 heteroatoms. The molecule has 110 valence electrons. The molecule has 0 bridgehead atoms. The maximum absolute atomic E-state index is 12.4. The van der Waals surface area contributed by atoms with E-state index in [1.165, 1.54) is 11.1 Å². The van der Waals surface area contributed by atoms with Crippen LogP contribution in [0.25, 0.3) is 0 Å².